The standard InChI is InChI=1S/C20H25ClN2O4S/c1-13-17(21)10-7-11-18(13)28(25,26)23-14(2)15-8-6-9-16(12-15)22-19(24)27-20(3,4)5/h6-12,14,23H,1-5H3,(H,22,24)/t14-/m0/s1. The van der Waals surface area contributed by atoms with E-state index in [0.717, 1.165) is 0 Å². The summed E-state index contributed by atoms with van der Waals surface area (Å²) in [5.74, 6) is 0. The van der Waals surface area contributed by atoms with Crippen molar-refractivity contribution in [2.75, 3.05) is 5.32 Å². The average molecular weight is 425 g/mol. The molecule has 0 bridgehead atoms. The van der Waals surface area contributed by atoms with Crippen molar-refractivity contribution in [3.05, 3.63) is 58.6 Å². The maximum atomic E-state index is 12.7. The predicted octanol–water partition coefficient (Wildman–Crippen LogP) is 5.03. The summed E-state index contributed by atoms with van der Waals surface area (Å²) in [5, 5.41) is 3.04. The lowest BCUT2D eigenvalue weighted by Gasteiger charge is -2.20. The van der Waals surface area contributed by atoms with E-state index in [1.54, 1.807) is 71.0 Å². The van der Waals surface area contributed by atoms with Crippen LogP contribution in [-0.2, 0) is 14.8 Å². The van der Waals surface area contributed by atoms with Gasteiger partial charge < -0.3 is 4.74 Å². The van der Waals surface area contributed by atoms with Crippen molar-refractivity contribution in [1.29, 1.82) is 0 Å². The van der Waals surface area contributed by atoms with Crippen molar-refractivity contribution in [1.82, 2.24) is 4.72 Å². The normalized spacial score (nSPS) is 13.1. The number of nitrogens with one attached hydrogen (secondary N) is 2. The van der Waals surface area contributed by atoms with Crippen molar-refractivity contribution in [2.24, 2.45) is 0 Å². The molecular formula is C20H25ClN2O4S. The molecule has 152 valence electrons. The number of carbonyl (C=O) groups excluding carboxylic acids is 1. The van der Waals surface area contributed by atoms with Crippen LogP contribution in [0.4, 0.5) is 10.5 Å². The van der Waals surface area contributed by atoms with Crippen molar-refractivity contribution >= 4 is 33.4 Å². The summed E-state index contributed by atoms with van der Waals surface area (Å²) in [6, 6.07) is 11.1. The summed E-state index contributed by atoms with van der Waals surface area (Å²) in [5.41, 5.74) is 1.08. The SMILES string of the molecule is Cc1c(Cl)cccc1S(=O)(=O)N[C@@H](C)c1cccc(NC(=O)OC(C)(C)C)c1. The average Bonchev–Trinajstić information content (AvgIpc) is 2.55. The molecule has 6 nitrogen and oxygen atoms in total. The largest absolute Gasteiger partial charge is 0.444 e. The third-order valence-electron chi connectivity index (χ3n) is 3.87. The molecule has 0 radical (unpaired) electrons. The molecule has 0 spiro atoms. The molecule has 2 N–H and O–H groups in total. The number of anilines is 1. The Labute approximate surface area is 171 Å². The quantitative estimate of drug-likeness (QED) is 0.704. The highest BCUT2D eigenvalue weighted by atomic mass is 35.5. The minimum absolute atomic E-state index is 0.134. The molecular weight excluding hydrogens is 400 g/mol. The fraction of sp³-hybridized carbons (Fsp3) is 0.350. The molecule has 2 aromatic carbocycles. The molecule has 1 atom stereocenters. The number of halogens is 1. The third kappa shape index (κ3) is 5.95. The van der Waals surface area contributed by atoms with Crippen LogP contribution < -0.4 is 10.0 Å². The molecule has 2 rings (SSSR count). The molecule has 0 aliphatic rings. The zero-order chi connectivity index (χ0) is 21.1. The van der Waals surface area contributed by atoms with Gasteiger partial charge in [-0.3, -0.25) is 5.32 Å². The number of rotatable bonds is 5. The molecule has 0 saturated carbocycles. The van der Waals surface area contributed by atoms with Crippen LogP contribution in [0.25, 0.3) is 0 Å². The molecule has 0 aromatic heterocycles. The van der Waals surface area contributed by atoms with Gasteiger partial charge in [0.2, 0.25) is 10.0 Å². The summed E-state index contributed by atoms with van der Waals surface area (Å²) in [6.45, 7) is 8.71. The van der Waals surface area contributed by atoms with Gasteiger partial charge in [-0.2, -0.15) is 0 Å². The van der Waals surface area contributed by atoms with Gasteiger partial charge in [0.05, 0.1) is 4.90 Å². The lowest BCUT2D eigenvalue weighted by atomic mass is 10.1. The van der Waals surface area contributed by atoms with Gasteiger partial charge >= 0.3 is 6.09 Å². The minimum atomic E-state index is -3.77. The van der Waals surface area contributed by atoms with Crippen LogP contribution in [0.15, 0.2) is 47.4 Å². The Hall–Kier alpha value is -2.09. The predicted molar refractivity (Wildman–Crippen MR) is 111 cm³/mol. The lowest BCUT2D eigenvalue weighted by Crippen LogP contribution is -2.28. The fourth-order valence-electron chi connectivity index (χ4n) is 2.55. The first kappa shape index (κ1) is 22.2. The minimum Gasteiger partial charge on any atom is -0.444 e. The van der Waals surface area contributed by atoms with Gasteiger partial charge in [0.25, 0.3) is 0 Å². The molecule has 0 aliphatic carbocycles. The van der Waals surface area contributed by atoms with E-state index in [0.29, 0.717) is 21.8 Å². The zero-order valence-electron chi connectivity index (χ0n) is 16.5. The first-order chi connectivity index (χ1) is 12.9. The van der Waals surface area contributed by atoms with Crippen LogP contribution in [0.3, 0.4) is 0 Å². The Bertz CT molecular complexity index is 968. The second kappa shape index (κ2) is 8.51. The van der Waals surface area contributed by atoms with Gasteiger partial charge in [-0.05, 0) is 70.0 Å². The number of benzene rings is 2. The number of carbonyl (C=O) groups is 1. The van der Waals surface area contributed by atoms with E-state index in [1.807, 2.05) is 0 Å². The Morgan fingerprint density at radius 2 is 1.79 bits per heavy atom. The third-order valence-corrected chi connectivity index (χ3v) is 5.97. The Kier molecular flexibility index (Phi) is 6.75. The van der Waals surface area contributed by atoms with Crippen LogP contribution in [-0.4, -0.2) is 20.1 Å². The maximum Gasteiger partial charge on any atom is 0.412 e. The van der Waals surface area contributed by atoms with E-state index in [-0.39, 0.29) is 4.90 Å². The van der Waals surface area contributed by atoms with E-state index in [1.165, 1.54) is 6.07 Å². The molecule has 8 heteroatoms. The molecule has 2 aromatic rings. The maximum absolute atomic E-state index is 12.7. The van der Waals surface area contributed by atoms with E-state index in [9.17, 15) is 13.2 Å². The Balaban J connectivity index is 2.17. The van der Waals surface area contributed by atoms with Gasteiger partial charge in [0.1, 0.15) is 5.60 Å². The van der Waals surface area contributed by atoms with Crippen LogP contribution >= 0.6 is 11.6 Å². The van der Waals surface area contributed by atoms with Crippen molar-refractivity contribution < 1.29 is 17.9 Å². The first-order valence-corrected chi connectivity index (χ1v) is 10.6. The summed E-state index contributed by atoms with van der Waals surface area (Å²) < 4.78 is 33.4. The number of hydrogen-bond donors (Lipinski definition) is 2. The second-order valence-electron chi connectivity index (χ2n) is 7.46. The van der Waals surface area contributed by atoms with E-state index >= 15 is 0 Å². The Morgan fingerprint density at radius 1 is 1.14 bits per heavy atom. The van der Waals surface area contributed by atoms with Gasteiger partial charge in [0, 0.05) is 16.8 Å². The highest BCUT2D eigenvalue weighted by Gasteiger charge is 2.22. The van der Waals surface area contributed by atoms with Gasteiger partial charge in [-0.15, -0.1) is 0 Å². The molecule has 0 fully saturated rings. The van der Waals surface area contributed by atoms with Crippen LogP contribution in [0.1, 0.15) is 44.9 Å². The van der Waals surface area contributed by atoms with E-state index in [2.05, 4.69) is 10.0 Å². The number of hydrogen-bond acceptors (Lipinski definition) is 4. The smallest absolute Gasteiger partial charge is 0.412 e. The summed E-state index contributed by atoms with van der Waals surface area (Å²) in [7, 11) is -3.77. The lowest BCUT2D eigenvalue weighted by molar-refractivity contribution is 0.0636. The van der Waals surface area contributed by atoms with Crippen LogP contribution in [0, 0.1) is 6.92 Å². The number of ether oxygens (including phenoxy) is 1. The van der Waals surface area contributed by atoms with E-state index in [4.69, 9.17) is 16.3 Å². The molecule has 28 heavy (non-hydrogen) atoms. The van der Waals surface area contributed by atoms with Crippen molar-refractivity contribution in [2.45, 2.75) is 51.2 Å². The topological polar surface area (TPSA) is 84.5 Å². The molecule has 0 heterocycles. The monoisotopic (exact) mass is 424 g/mol. The van der Waals surface area contributed by atoms with Crippen molar-refractivity contribution in [3.8, 4) is 0 Å². The zero-order valence-corrected chi connectivity index (χ0v) is 18.1. The van der Waals surface area contributed by atoms with Crippen molar-refractivity contribution in [3.63, 3.8) is 0 Å². The second-order valence-corrected chi connectivity index (χ2v) is 9.55. The number of sulfonamides is 1. The molecule has 0 saturated heterocycles. The summed E-state index contributed by atoms with van der Waals surface area (Å²) >= 11 is 6.04. The van der Waals surface area contributed by atoms with Gasteiger partial charge in [-0.1, -0.05) is 29.8 Å². The highest BCUT2D eigenvalue weighted by Crippen LogP contribution is 2.25. The fourth-order valence-corrected chi connectivity index (χ4v) is 4.28. The Morgan fingerprint density at radius 3 is 2.43 bits per heavy atom. The molecule has 1 amide bonds. The van der Waals surface area contributed by atoms with Gasteiger partial charge in [0.15, 0.2) is 0 Å². The first-order valence-electron chi connectivity index (χ1n) is 8.76. The molecule has 0 aliphatic heterocycles. The van der Waals surface area contributed by atoms with Crippen LogP contribution in [0.5, 0.6) is 0 Å². The highest BCUT2D eigenvalue weighted by molar-refractivity contribution is 7.89. The molecule has 0 unspecified atom stereocenters. The van der Waals surface area contributed by atoms with Gasteiger partial charge in [-0.25, -0.2) is 17.9 Å². The summed E-state index contributed by atoms with van der Waals surface area (Å²) in [4.78, 5) is 12.1. The van der Waals surface area contributed by atoms with Crippen LogP contribution in [0.2, 0.25) is 5.02 Å². The van der Waals surface area contributed by atoms with E-state index < -0.39 is 27.8 Å². The number of amides is 1. The summed E-state index contributed by atoms with van der Waals surface area (Å²) in [6.07, 6.45) is -0.576.